The van der Waals surface area contributed by atoms with Crippen molar-refractivity contribution in [2.75, 3.05) is 6.54 Å². The van der Waals surface area contributed by atoms with Crippen molar-refractivity contribution in [2.24, 2.45) is 0 Å². The van der Waals surface area contributed by atoms with Crippen LogP contribution < -0.4 is 5.32 Å². The van der Waals surface area contributed by atoms with E-state index in [0.717, 1.165) is 19.4 Å². The number of hydrogen-bond acceptors (Lipinski definition) is 3. The Hall–Kier alpha value is -0.393. The van der Waals surface area contributed by atoms with Crippen LogP contribution in [0.2, 0.25) is 18.1 Å². The standard InChI is InChI=1S/C15H32N2O2Si/c1-14(2,3)16-13(18)12-10-9-11-17(12)19-20(7,8)15(4,5)6/h12H,9-11H2,1-8H3,(H,16,18)/t12-/m0/s1. The van der Waals surface area contributed by atoms with Gasteiger partial charge in [-0.05, 0) is 51.7 Å². The fourth-order valence-corrected chi connectivity index (χ4v) is 3.07. The molecule has 118 valence electrons. The van der Waals surface area contributed by atoms with E-state index in [2.05, 4.69) is 39.2 Å². The van der Waals surface area contributed by atoms with Crippen molar-refractivity contribution in [3.63, 3.8) is 0 Å². The first-order chi connectivity index (χ1) is 8.83. The lowest BCUT2D eigenvalue weighted by Gasteiger charge is -2.40. The van der Waals surface area contributed by atoms with E-state index in [-0.39, 0.29) is 22.5 Å². The minimum Gasteiger partial charge on any atom is -0.350 e. The fourth-order valence-electron chi connectivity index (χ4n) is 1.99. The average molecular weight is 301 g/mol. The summed E-state index contributed by atoms with van der Waals surface area (Å²) in [6, 6.07) is -0.136. The highest BCUT2D eigenvalue weighted by Crippen LogP contribution is 2.38. The Labute approximate surface area is 125 Å². The average Bonchev–Trinajstić information content (AvgIpc) is 2.60. The van der Waals surface area contributed by atoms with Gasteiger partial charge in [-0.3, -0.25) is 4.79 Å². The molecule has 20 heavy (non-hydrogen) atoms. The Morgan fingerprint density at radius 2 is 1.75 bits per heavy atom. The van der Waals surface area contributed by atoms with Crippen molar-refractivity contribution < 1.29 is 9.32 Å². The van der Waals surface area contributed by atoms with Gasteiger partial charge >= 0.3 is 0 Å². The monoisotopic (exact) mass is 300 g/mol. The summed E-state index contributed by atoms with van der Waals surface area (Å²) in [5, 5.41) is 5.17. The summed E-state index contributed by atoms with van der Waals surface area (Å²) in [5.74, 6) is 0.0914. The number of hydrogen-bond donors (Lipinski definition) is 1. The second-order valence-corrected chi connectivity index (χ2v) is 13.1. The summed E-state index contributed by atoms with van der Waals surface area (Å²) in [4.78, 5) is 12.4. The van der Waals surface area contributed by atoms with Crippen molar-refractivity contribution in [3.05, 3.63) is 0 Å². The zero-order valence-corrected chi connectivity index (χ0v) is 15.5. The van der Waals surface area contributed by atoms with Gasteiger partial charge in [0.1, 0.15) is 6.04 Å². The second kappa shape index (κ2) is 5.77. The van der Waals surface area contributed by atoms with E-state index in [4.69, 9.17) is 4.53 Å². The topological polar surface area (TPSA) is 41.6 Å². The van der Waals surface area contributed by atoms with Crippen LogP contribution >= 0.6 is 0 Å². The maximum atomic E-state index is 12.4. The number of carbonyl (C=O) groups excluding carboxylic acids is 1. The van der Waals surface area contributed by atoms with Crippen molar-refractivity contribution in [1.82, 2.24) is 10.4 Å². The van der Waals surface area contributed by atoms with Gasteiger partial charge in [0.15, 0.2) is 0 Å². The van der Waals surface area contributed by atoms with Crippen molar-refractivity contribution in [3.8, 4) is 0 Å². The maximum absolute atomic E-state index is 12.4. The highest BCUT2D eigenvalue weighted by Gasteiger charge is 2.43. The fraction of sp³-hybridized carbons (Fsp3) is 0.933. The molecular weight excluding hydrogens is 268 g/mol. The van der Waals surface area contributed by atoms with Crippen LogP contribution in [0.5, 0.6) is 0 Å². The van der Waals surface area contributed by atoms with Gasteiger partial charge in [0.2, 0.25) is 14.2 Å². The first kappa shape index (κ1) is 17.7. The van der Waals surface area contributed by atoms with Crippen LogP contribution in [-0.2, 0) is 9.32 Å². The van der Waals surface area contributed by atoms with Gasteiger partial charge in [-0.25, -0.2) is 0 Å². The maximum Gasteiger partial charge on any atom is 0.240 e. The quantitative estimate of drug-likeness (QED) is 0.813. The third kappa shape index (κ3) is 4.57. The van der Waals surface area contributed by atoms with Crippen molar-refractivity contribution in [1.29, 1.82) is 0 Å². The van der Waals surface area contributed by atoms with Crippen LogP contribution in [0, 0.1) is 0 Å². The summed E-state index contributed by atoms with van der Waals surface area (Å²) >= 11 is 0. The Morgan fingerprint density at radius 1 is 1.20 bits per heavy atom. The Bertz CT molecular complexity index is 356. The van der Waals surface area contributed by atoms with Crippen LogP contribution in [0.25, 0.3) is 0 Å². The largest absolute Gasteiger partial charge is 0.350 e. The summed E-state index contributed by atoms with van der Waals surface area (Å²) in [6.45, 7) is 18.0. The summed E-state index contributed by atoms with van der Waals surface area (Å²) in [7, 11) is -1.87. The molecule has 5 heteroatoms. The third-order valence-electron chi connectivity index (χ3n) is 4.16. The number of hydroxylamine groups is 2. The first-order valence-corrected chi connectivity index (χ1v) is 10.5. The van der Waals surface area contributed by atoms with Crippen LogP contribution in [-0.4, -0.2) is 37.4 Å². The van der Waals surface area contributed by atoms with Crippen molar-refractivity contribution in [2.45, 2.75) is 84.1 Å². The van der Waals surface area contributed by atoms with Gasteiger partial charge in [-0.2, -0.15) is 5.06 Å². The molecule has 0 radical (unpaired) electrons. The molecule has 0 aromatic carbocycles. The molecule has 1 N–H and O–H groups in total. The molecule has 0 spiro atoms. The molecule has 1 heterocycles. The molecule has 1 rings (SSSR count). The van der Waals surface area contributed by atoms with E-state index in [1.807, 2.05) is 25.8 Å². The molecule has 0 unspecified atom stereocenters. The minimum atomic E-state index is -1.87. The molecule has 1 atom stereocenters. The second-order valence-electron chi connectivity index (χ2n) is 8.39. The molecule has 4 nitrogen and oxygen atoms in total. The minimum absolute atomic E-state index is 0.0914. The molecule has 1 fully saturated rings. The lowest BCUT2D eigenvalue weighted by Crippen LogP contribution is -2.54. The molecule has 1 aliphatic rings. The number of amides is 1. The van der Waals surface area contributed by atoms with E-state index in [0.29, 0.717) is 0 Å². The predicted molar refractivity (Wildman–Crippen MR) is 85.9 cm³/mol. The van der Waals surface area contributed by atoms with Gasteiger partial charge in [0.25, 0.3) is 0 Å². The molecule has 1 aliphatic heterocycles. The van der Waals surface area contributed by atoms with E-state index in [9.17, 15) is 4.79 Å². The van der Waals surface area contributed by atoms with Gasteiger partial charge < -0.3 is 9.84 Å². The number of rotatable bonds is 3. The molecule has 0 aromatic heterocycles. The number of nitrogens with zero attached hydrogens (tertiary/aromatic N) is 1. The molecule has 0 aromatic rings. The van der Waals surface area contributed by atoms with E-state index >= 15 is 0 Å². The molecule has 1 amide bonds. The lowest BCUT2D eigenvalue weighted by molar-refractivity contribution is -0.142. The van der Waals surface area contributed by atoms with Gasteiger partial charge in [0, 0.05) is 12.1 Å². The highest BCUT2D eigenvalue weighted by atomic mass is 28.4. The highest BCUT2D eigenvalue weighted by molar-refractivity contribution is 6.74. The lowest BCUT2D eigenvalue weighted by atomic mass is 10.1. The van der Waals surface area contributed by atoms with Crippen LogP contribution in [0.15, 0.2) is 0 Å². The summed E-state index contributed by atoms with van der Waals surface area (Å²) in [5.41, 5.74) is -0.192. The van der Waals surface area contributed by atoms with Crippen molar-refractivity contribution >= 4 is 14.2 Å². The number of carbonyl (C=O) groups is 1. The van der Waals surface area contributed by atoms with Gasteiger partial charge in [0.05, 0.1) is 0 Å². The zero-order valence-electron chi connectivity index (χ0n) is 14.5. The van der Waals surface area contributed by atoms with E-state index < -0.39 is 8.32 Å². The first-order valence-electron chi connectivity index (χ1n) is 7.61. The molecule has 0 bridgehead atoms. The van der Waals surface area contributed by atoms with Crippen LogP contribution in [0.4, 0.5) is 0 Å². The van der Waals surface area contributed by atoms with E-state index in [1.54, 1.807) is 0 Å². The smallest absolute Gasteiger partial charge is 0.240 e. The zero-order chi connectivity index (χ0) is 15.8. The predicted octanol–water partition coefficient (Wildman–Crippen LogP) is 3.30. The third-order valence-corrected chi connectivity index (χ3v) is 8.46. The van der Waals surface area contributed by atoms with Crippen LogP contribution in [0.1, 0.15) is 54.4 Å². The Balaban J connectivity index is 2.73. The SMILES string of the molecule is CC(C)(C)NC(=O)[C@@H]1CCCN1O[Si](C)(C)C(C)(C)C. The van der Waals surface area contributed by atoms with Gasteiger partial charge in [-0.1, -0.05) is 20.8 Å². The molecule has 1 saturated heterocycles. The molecular formula is C15H32N2O2Si. The van der Waals surface area contributed by atoms with Crippen LogP contribution in [0.3, 0.4) is 0 Å². The van der Waals surface area contributed by atoms with Gasteiger partial charge in [-0.15, -0.1) is 0 Å². The normalized spacial score (nSPS) is 22.1. The molecule has 0 aliphatic carbocycles. The summed E-state index contributed by atoms with van der Waals surface area (Å²) in [6.07, 6.45) is 1.91. The Morgan fingerprint density at radius 3 is 2.20 bits per heavy atom. The van der Waals surface area contributed by atoms with E-state index in [1.165, 1.54) is 0 Å². The Kier molecular flexibility index (Phi) is 5.10. The number of nitrogens with one attached hydrogen (secondary N) is 1. The molecule has 0 saturated carbocycles. The summed E-state index contributed by atoms with van der Waals surface area (Å²) < 4.78 is 6.32.